The Balaban J connectivity index is 1.06. The number of nitrogens with zero attached hydrogens (tertiary/aromatic N) is 4. The van der Waals surface area contributed by atoms with Gasteiger partial charge in [0.2, 0.25) is 11.8 Å². The summed E-state index contributed by atoms with van der Waals surface area (Å²) >= 11 is 0. The van der Waals surface area contributed by atoms with Gasteiger partial charge < -0.3 is 39.9 Å². The molecule has 2 fully saturated rings. The lowest BCUT2D eigenvalue weighted by atomic mass is 9.88. The zero-order valence-electron chi connectivity index (χ0n) is 34.7. The molecular formula is C46H50N8O6. The van der Waals surface area contributed by atoms with E-state index in [0.717, 1.165) is 92.8 Å². The summed E-state index contributed by atoms with van der Waals surface area (Å²) in [6.07, 6.45) is 5.85. The molecule has 14 nitrogen and oxygen atoms in total. The number of carbonyl (C=O) groups excluding carboxylic acids is 4. The van der Waals surface area contributed by atoms with Crippen LogP contribution in [0, 0.1) is 11.8 Å². The van der Waals surface area contributed by atoms with Crippen LogP contribution in [-0.4, -0.2) is 93.1 Å². The summed E-state index contributed by atoms with van der Waals surface area (Å²) < 4.78 is 9.59. The first-order chi connectivity index (χ1) is 28.9. The van der Waals surface area contributed by atoms with Gasteiger partial charge in [0.25, 0.3) is 0 Å². The van der Waals surface area contributed by atoms with Crippen molar-refractivity contribution in [2.45, 2.75) is 77.5 Å². The molecule has 14 heteroatoms. The van der Waals surface area contributed by atoms with E-state index in [9.17, 15) is 19.2 Å². The van der Waals surface area contributed by atoms with Gasteiger partial charge >= 0.3 is 12.2 Å². The Morgan fingerprint density at radius 3 is 1.47 bits per heavy atom. The van der Waals surface area contributed by atoms with Gasteiger partial charge in [-0.3, -0.25) is 9.59 Å². The molecule has 0 radical (unpaired) electrons. The van der Waals surface area contributed by atoms with E-state index in [1.54, 1.807) is 0 Å². The number of amides is 4. The number of aromatic nitrogens is 4. The highest BCUT2D eigenvalue weighted by Crippen LogP contribution is 2.39. The Morgan fingerprint density at radius 2 is 1.08 bits per heavy atom. The number of H-pyrrole nitrogens is 2. The van der Waals surface area contributed by atoms with E-state index < -0.39 is 24.3 Å². The van der Waals surface area contributed by atoms with E-state index >= 15 is 0 Å². The normalized spacial score (nSPS) is 18.1. The van der Waals surface area contributed by atoms with Gasteiger partial charge in [0.05, 0.1) is 48.4 Å². The Bertz CT molecular complexity index is 2430. The van der Waals surface area contributed by atoms with Crippen LogP contribution in [0.3, 0.4) is 0 Å². The number of carbonyl (C=O) groups is 4. The molecule has 4 atom stereocenters. The number of ether oxygens (including phenoxy) is 2. The molecule has 8 rings (SSSR count). The summed E-state index contributed by atoms with van der Waals surface area (Å²) in [6.45, 7) is 8.77. The number of rotatable bonds is 10. The zero-order valence-corrected chi connectivity index (χ0v) is 34.7. The van der Waals surface area contributed by atoms with E-state index in [-0.39, 0.29) is 35.7 Å². The van der Waals surface area contributed by atoms with E-state index in [1.165, 1.54) is 14.2 Å². The highest BCUT2D eigenvalue weighted by atomic mass is 16.5. The molecule has 0 bridgehead atoms. The second kappa shape index (κ2) is 16.6. The minimum atomic E-state index is -0.708. The molecule has 0 unspecified atom stereocenters. The number of alkyl carbamates (subject to hydrolysis) is 2. The first-order valence-electron chi connectivity index (χ1n) is 20.6. The van der Waals surface area contributed by atoms with Crippen LogP contribution in [0.4, 0.5) is 9.59 Å². The summed E-state index contributed by atoms with van der Waals surface area (Å²) in [5, 5.41) is 5.43. The molecule has 3 aliphatic rings. The number of aromatic amines is 2. The van der Waals surface area contributed by atoms with Gasteiger partial charge in [-0.1, -0.05) is 63.4 Å². The van der Waals surface area contributed by atoms with E-state index in [4.69, 9.17) is 19.4 Å². The standard InChI is InChI=1S/C46H50N8O6/c1-25(2)39(51-45(57)59-5)43(55)53-21-9-13-37(53)41-47-33-19-15-27(23-35(33)49-41)29-17-18-30(32-12-8-7-11-31(29)32)28-16-20-34-36(24-28)50-42(48-34)38-14-10-22-54(38)44(56)40(26(3)4)52-46(58)60-6/h11-12,15-20,23-26,37-40H,9-10,13-14,21-22H2,1-6H3,(H,47,49)(H,48,50)(H,51,57)(H,52,58)/t37-,38-,39-,40-/m0/s1. The van der Waals surface area contributed by atoms with Crippen LogP contribution >= 0.6 is 0 Å². The summed E-state index contributed by atoms with van der Waals surface area (Å²) in [5.74, 6) is 0.896. The predicted molar refractivity (Wildman–Crippen MR) is 228 cm³/mol. The van der Waals surface area contributed by atoms with Crippen molar-refractivity contribution in [3.05, 3.63) is 82.8 Å². The highest BCUT2D eigenvalue weighted by Gasteiger charge is 2.39. The van der Waals surface area contributed by atoms with Crippen LogP contribution in [-0.2, 0) is 19.1 Å². The molecule has 5 aromatic rings. The number of hydrogen-bond acceptors (Lipinski definition) is 8. The summed E-state index contributed by atoms with van der Waals surface area (Å²) in [5.41, 5.74) is 15.7. The fraction of sp³-hybridized carbons (Fsp3) is 0.391. The van der Waals surface area contributed by atoms with E-state index in [2.05, 4.69) is 68.5 Å². The number of methoxy groups -OCH3 is 2. The second-order valence-electron chi connectivity index (χ2n) is 16.4. The first-order valence-corrected chi connectivity index (χ1v) is 20.6. The first kappa shape index (κ1) is 40.2. The Kier molecular flexibility index (Phi) is 11.1. The third-order valence-electron chi connectivity index (χ3n) is 11.9. The molecule has 310 valence electrons. The molecule has 4 heterocycles. The quantitative estimate of drug-likeness (QED) is 0.102. The smallest absolute Gasteiger partial charge is 0.407 e. The summed E-state index contributed by atoms with van der Waals surface area (Å²) in [6, 6.07) is 14.7. The van der Waals surface area contributed by atoms with Crippen molar-refractivity contribution in [2.24, 2.45) is 11.8 Å². The summed E-state index contributed by atoms with van der Waals surface area (Å²) in [4.78, 5) is 72.1. The third kappa shape index (κ3) is 7.56. The monoisotopic (exact) mass is 810 g/mol. The van der Waals surface area contributed by atoms with Crippen molar-refractivity contribution in [2.75, 3.05) is 27.3 Å². The van der Waals surface area contributed by atoms with E-state index in [1.807, 2.05) is 61.8 Å². The number of hydrogen-bond donors (Lipinski definition) is 4. The highest BCUT2D eigenvalue weighted by molar-refractivity contribution is 5.94. The van der Waals surface area contributed by atoms with Gasteiger partial charge in [-0.25, -0.2) is 19.6 Å². The van der Waals surface area contributed by atoms with Crippen LogP contribution < -0.4 is 10.6 Å². The van der Waals surface area contributed by atoms with Gasteiger partial charge in [-0.2, -0.15) is 0 Å². The average molecular weight is 811 g/mol. The van der Waals surface area contributed by atoms with Crippen LogP contribution in [0.15, 0.2) is 60.0 Å². The lowest BCUT2D eigenvalue weighted by Gasteiger charge is -2.29. The van der Waals surface area contributed by atoms with Gasteiger partial charge in [-0.05, 0) is 107 Å². The van der Waals surface area contributed by atoms with Gasteiger partial charge in [0.15, 0.2) is 0 Å². The zero-order chi connectivity index (χ0) is 42.2. The van der Waals surface area contributed by atoms with Crippen LogP contribution in [0.1, 0.15) is 88.2 Å². The molecule has 0 saturated carbocycles. The largest absolute Gasteiger partial charge is 0.453 e. The van der Waals surface area contributed by atoms with Gasteiger partial charge in [-0.15, -0.1) is 0 Å². The van der Waals surface area contributed by atoms with Crippen molar-refractivity contribution < 1.29 is 28.7 Å². The van der Waals surface area contributed by atoms with Crippen molar-refractivity contribution >= 4 is 58.2 Å². The Labute approximate surface area is 348 Å². The average Bonchev–Trinajstić information content (AvgIpc) is 4.08. The molecule has 2 saturated heterocycles. The molecule has 2 aromatic heterocycles. The molecule has 1 aliphatic carbocycles. The second-order valence-corrected chi connectivity index (χ2v) is 16.4. The Morgan fingerprint density at radius 1 is 0.667 bits per heavy atom. The van der Waals surface area contributed by atoms with Gasteiger partial charge in [0.1, 0.15) is 23.7 Å². The molecule has 4 amide bonds. The lowest BCUT2D eigenvalue weighted by molar-refractivity contribution is -0.136. The fourth-order valence-corrected chi connectivity index (χ4v) is 8.77. The molecule has 60 heavy (non-hydrogen) atoms. The molecule has 3 aromatic carbocycles. The number of benzene rings is 3. The van der Waals surface area contributed by atoms with Crippen molar-refractivity contribution in [1.29, 1.82) is 0 Å². The fourth-order valence-electron chi connectivity index (χ4n) is 8.77. The maximum atomic E-state index is 13.7. The molecular weight excluding hydrogens is 761 g/mol. The van der Waals surface area contributed by atoms with Crippen molar-refractivity contribution in [3.8, 4) is 22.3 Å². The van der Waals surface area contributed by atoms with Crippen LogP contribution in [0.25, 0.3) is 56.5 Å². The maximum absolute atomic E-state index is 13.7. The lowest BCUT2D eigenvalue weighted by Crippen LogP contribution is -2.51. The van der Waals surface area contributed by atoms with Gasteiger partial charge in [0, 0.05) is 13.1 Å². The SMILES string of the molecule is COC(=O)N[C@H](C(=O)N1CCC[C@H]1c1nc2ccc(-c3ccc(-c4ccc5nc([C@@H]6CCCN6C(=O)[C@@H](NC(=O)OC)C(C)C)[nH]c5c4)c4c3C=C=C=C4)cc2[nH]1)C(C)C. The van der Waals surface area contributed by atoms with Crippen LogP contribution in [0.2, 0.25) is 0 Å². The van der Waals surface area contributed by atoms with Crippen molar-refractivity contribution in [3.63, 3.8) is 0 Å². The van der Waals surface area contributed by atoms with E-state index in [0.29, 0.717) is 13.1 Å². The van der Waals surface area contributed by atoms with Crippen LogP contribution in [0.5, 0.6) is 0 Å². The minimum absolute atomic E-state index is 0.122. The number of likely N-dealkylation sites (tertiary alicyclic amines) is 2. The molecule has 2 aliphatic heterocycles. The Hall–Kier alpha value is -6.62. The third-order valence-corrected chi connectivity index (χ3v) is 11.9. The number of nitrogens with one attached hydrogen (secondary N) is 4. The topological polar surface area (TPSA) is 175 Å². The maximum Gasteiger partial charge on any atom is 0.407 e. The van der Waals surface area contributed by atoms with Crippen molar-refractivity contribution in [1.82, 2.24) is 40.4 Å². The minimum Gasteiger partial charge on any atom is -0.453 e. The molecule has 0 spiro atoms. The number of fused-ring (bicyclic) bond motifs is 3. The predicted octanol–water partition coefficient (Wildman–Crippen LogP) is 7.66. The number of imidazole rings is 2. The molecule has 4 N–H and O–H groups in total. The summed E-state index contributed by atoms with van der Waals surface area (Å²) in [7, 11) is 2.58.